The minimum atomic E-state index is -0.385. The fourth-order valence-corrected chi connectivity index (χ4v) is 3.00. The van der Waals surface area contributed by atoms with Crippen LogP contribution in [0.2, 0.25) is 0 Å². The number of anilines is 3. The van der Waals surface area contributed by atoms with Crippen LogP contribution in [0.15, 0.2) is 60.7 Å². The highest BCUT2D eigenvalue weighted by molar-refractivity contribution is 5.99. The van der Waals surface area contributed by atoms with E-state index in [1.54, 1.807) is 0 Å². The van der Waals surface area contributed by atoms with Gasteiger partial charge < -0.3 is 15.5 Å². The molecule has 30 heavy (non-hydrogen) atoms. The van der Waals surface area contributed by atoms with Gasteiger partial charge in [-0.1, -0.05) is 42.5 Å². The first kappa shape index (κ1) is 21.3. The molecule has 3 N–H and O–H groups in total. The summed E-state index contributed by atoms with van der Waals surface area (Å²) in [7, 11) is 4.09. The summed E-state index contributed by atoms with van der Waals surface area (Å²) < 4.78 is 0. The van der Waals surface area contributed by atoms with Gasteiger partial charge in [0, 0.05) is 24.0 Å². The third-order valence-corrected chi connectivity index (χ3v) is 4.40. The Hall–Kier alpha value is -3.45. The lowest BCUT2D eigenvalue weighted by Gasteiger charge is -2.12. The van der Waals surface area contributed by atoms with Crippen LogP contribution in [0.4, 0.5) is 22.2 Å². The maximum absolute atomic E-state index is 12.5. The van der Waals surface area contributed by atoms with Crippen molar-refractivity contribution in [3.63, 3.8) is 0 Å². The van der Waals surface area contributed by atoms with Crippen LogP contribution in [0.3, 0.4) is 0 Å². The van der Waals surface area contributed by atoms with Gasteiger partial charge >= 0.3 is 6.03 Å². The van der Waals surface area contributed by atoms with E-state index in [9.17, 15) is 4.79 Å². The van der Waals surface area contributed by atoms with Gasteiger partial charge in [-0.15, -0.1) is 0 Å². The van der Waals surface area contributed by atoms with Gasteiger partial charge in [0.25, 0.3) is 0 Å². The highest BCUT2D eigenvalue weighted by atomic mass is 16.2. The molecule has 0 radical (unpaired) electrons. The summed E-state index contributed by atoms with van der Waals surface area (Å²) in [5.41, 5.74) is 3.60. The van der Waals surface area contributed by atoms with E-state index in [1.165, 1.54) is 0 Å². The molecule has 0 unspecified atom stereocenters. The highest BCUT2D eigenvalue weighted by Gasteiger charge is 2.08. The second-order valence-electron chi connectivity index (χ2n) is 7.33. The molecule has 7 nitrogen and oxygen atoms in total. The van der Waals surface area contributed by atoms with Crippen LogP contribution >= 0.6 is 0 Å². The number of amides is 2. The second-order valence-corrected chi connectivity index (χ2v) is 7.33. The molecule has 0 atom stereocenters. The summed E-state index contributed by atoms with van der Waals surface area (Å²) in [6.45, 7) is 3.66. The number of hydrogen-bond acceptors (Lipinski definition) is 5. The summed E-state index contributed by atoms with van der Waals surface area (Å²) in [6.07, 6.45) is 0.997. The molecule has 0 saturated heterocycles. The van der Waals surface area contributed by atoms with Gasteiger partial charge in [-0.3, -0.25) is 5.32 Å². The van der Waals surface area contributed by atoms with E-state index in [1.807, 2.05) is 81.7 Å². The first-order valence-electron chi connectivity index (χ1n) is 9.97. The van der Waals surface area contributed by atoms with Crippen LogP contribution in [0.25, 0.3) is 11.1 Å². The van der Waals surface area contributed by atoms with Crippen molar-refractivity contribution in [2.75, 3.05) is 43.1 Å². The first-order chi connectivity index (χ1) is 14.5. The summed E-state index contributed by atoms with van der Waals surface area (Å²) in [5, 5.41) is 8.85. The molecule has 0 saturated carbocycles. The number of aryl methyl sites for hydroxylation is 1. The van der Waals surface area contributed by atoms with E-state index in [2.05, 4.69) is 30.8 Å². The maximum Gasteiger partial charge on any atom is 0.326 e. The predicted molar refractivity (Wildman–Crippen MR) is 123 cm³/mol. The average molecular weight is 405 g/mol. The molecule has 0 aliphatic rings. The van der Waals surface area contributed by atoms with Gasteiger partial charge in [-0.25, -0.2) is 9.78 Å². The molecule has 2 amide bonds. The van der Waals surface area contributed by atoms with Crippen molar-refractivity contribution >= 4 is 23.5 Å². The van der Waals surface area contributed by atoms with Crippen molar-refractivity contribution in [3.05, 3.63) is 66.4 Å². The van der Waals surface area contributed by atoms with Crippen LogP contribution in [0.5, 0.6) is 0 Å². The van der Waals surface area contributed by atoms with Gasteiger partial charge in [-0.05, 0) is 57.2 Å². The molecule has 0 fully saturated rings. The molecule has 7 heteroatoms. The topological polar surface area (TPSA) is 82.2 Å². The van der Waals surface area contributed by atoms with Crippen LogP contribution < -0.4 is 16.0 Å². The first-order valence-corrected chi connectivity index (χ1v) is 9.97. The number of urea groups is 1. The van der Waals surface area contributed by atoms with Crippen LogP contribution in [0.1, 0.15) is 12.1 Å². The molecular formula is C23H28N6O. The SMILES string of the molecule is Cc1cc(NCCCN(C)C)nc(NC(=O)Nc2cccc(-c3ccccc3)c2)n1. The number of aromatic nitrogens is 2. The summed E-state index contributed by atoms with van der Waals surface area (Å²) in [6, 6.07) is 19.2. The second kappa shape index (κ2) is 10.4. The molecule has 2 aromatic carbocycles. The van der Waals surface area contributed by atoms with Crippen molar-refractivity contribution in [2.24, 2.45) is 0 Å². The smallest absolute Gasteiger partial charge is 0.326 e. The van der Waals surface area contributed by atoms with Crippen molar-refractivity contribution in [2.45, 2.75) is 13.3 Å². The maximum atomic E-state index is 12.5. The standard InChI is InChI=1S/C23H28N6O/c1-17-15-21(24-13-8-14-29(2)3)27-22(25-17)28-23(30)26-20-12-7-11-19(16-20)18-9-5-4-6-10-18/h4-7,9-12,15-16H,8,13-14H2,1-3H3,(H3,24,25,26,27,28,30). The van der Waals surface area contributed by atoms with E-state index in [4.69, 9.17) is 0 Å². The Labute approximate surface area is 177 Å². The molecule has 3 rings (SSSR count). The minimum Gasteiger partial charge on any atom is -0.370 e. The number of rotatable bonds is 8. The van der Waals surface area contributed by atoms with Gasteiger partial charge in [0.15, 0.2) is 0 Å². The van der Waals surface area contributed by atoms with E-state index in [-0.39, 0.29) is 12.0 Å². The van der Waals surface area contributed by atoms with Crippen LogP contribution in [-0.2, 0) is 0 Å². The lowest BCUT2D eigenvalue weighted by atomic mass is 10.1. The lowest BCUT2D eigenvalue weighted by molar-refractivity contribution is 0.262. The number of hydrogen-bond donors (Lipinski definition) is 3. The zero-order chi connectivity index (χ0) is 21.3. The van der Waals surface area contributed by atoms with E-state index in [0.717, 1.165) is 36.3 Å². The molecular weight excluding hydrogens is 376 g/mol. The predicted octanol–water partition coefficient (Wildman–Crippen LogP) is 4.46. The van der Waals surface area contributed by atoms with Gasteiger partial charge in [0.1, 0.15) is 5.82 Å². The van der Waals surface area contributed by atoms with Crippen molar-refractivity contribution < 1.29 is 4.79 Å². The molecule has 0 spiro atoms. The number of benzene rings is 2. The normalized spacial score (nSPS) is 10.7. The lowest BCUT2D eigenvalue weighted by Crippen LogP contribution is -2.21. The number of carbonyl (C=O) groups is 1. The van der Waals surface area contributed by atoms with Gasteiger partial charge in [-0.2, -0.15) is 4.98 Å². The highest BCUT2D eigenvalue weighted by Crippen LogP contribution is 2.22. The summed E-state index contributed by atoms with van der Waals surface area (Å²) in [4.78, 5) is 23.3. The fraction of sp³-hybridized carbons (Fsp3) is 0.261. The Morgan fingerprint density at radius 1 is 0.933 bits per heavy atom. The zero-order valence-electron chi connectivity index (χ0n) is 17.6. The van der Waals surface area contributed by atoms with Crippen LogP contribution in [0, 0.1) is 6.92 Å². The van der Waals surface area contributed by atoms with Crippen LogP contribution in [-0.4, -0.2) is 48.1 Å². The van der Waals surface area contributed by atoms with Gasteiger partial charge in [0.05, 0.1) is 0 Å². The third kappa shape index (κ3) is 6.56. The Kier molecular flexibility index (Phi) is 7.34. The average Bonchev–Trinajstić information content (AvgIpc) is 2.71. The minimum absolute atomic E-state index is 0.266. The monoisotopic (exact) mass is 404 g/mol. The Balaban J connectivity index is 1.61. The molecule has 1 heterocycles. The molecule has 156 valence electrons. The number of nitrogens with one attached hydrogen (secondary N) is 3. The molecule has 0 aliphatic carbocycles. The van der Waals surface area contributed by atoms with Crippen molar-refractivity contribution in [3.8, 4) is 11.1 Å². The zero-order valence-corrected chi connectivity index (χ0v) is 17.6. The van der Waals surface area contributed by atoms with E-state index >= 15 is 0 Å². The molecule has 0 bridgehead atoms. The van der Waals surface area contributed by atoms with Crippen molar-refractivity contribution in [1.82, 2.24) is 14.9 Å². The van der Waals surface area contributed by atoms with E-state index < -0.39 is 0 Å². The Morgan fingerprint density at radius 2 is 1.70 bits per heavy atom. The van der Waals surface area contributed by atoms with Gasteiger partial charge in [0.2, 0.25) is 5.95 Å². The molecule has 0 aliphatic heterocycles. The quantitative estimate of drug-likeness (QED) is 0.483. The summed E-state index contributed by atoms with van der Waals surface area (Å²) >= 11 is 0. The number of carbonyl (C=O) groups excluding carboxylic acids is 1. The molecule has 3 aromatic rings. The van der Waals surface area contributed by atoms with Crippen molar-refractivity contribution in [1.29, 1.82) is 0 Å². The Morgan fingerprint density at radius 3 is 2.47 bits per heavy atom. The largest absolute Gasteiger partial charge is 0.370 e. The van der Waals surface area contributed by atoms with E-state index in [0.29, 0.717) is 11.5 Å². The third-order valence-electron chi connectivity index (χ3n) is 4.40. The Bertz CT molecular complexity index is 974. The molecule has 1 aromatic heterocycles. The fourth-order valence-electron chi connectivity index (χ4n) is 3.00. The number of nitrogens with zero attached hydrogens (tertiary/aromatic N) is 3. The summed E-state index contributed by atoms with van der Waals surface area (Å²) in [5.74, 6) is 0.962.